The summed E-state index contributed by atoms with van der Waals surface area (Å²) in [6.07, 6.45) is 3.71. The molecule has 3 heteroatoms. The fourth-order valence-corrected chi connectivity index (χ4v) is 3.18. The Labute approximate surface area is 97.2 Å². The number of hydrogen-bond donors (Lipinski definition) is 1. The number of benzene rings is 1. The second-order valence-electron chi connectivity index (χ2n) is 4.56. The van der Waals surface area contributed by atoms with Crippen molar-refractivity contribution in [3.8, 4) is 0 Å². The summed E-state index contributed by atoms with van der Waals surface area (Å²) in [5.41, 5.74) is 1.15. The Morgan fingerprint density at radius 2 is 2.20 bits per heavy atom. The third-order valence-electron chi connectivity index (χ3n) is 3.67. The van der Waals surface area contributed by atoms with E-state index in [1.165, 1.54) is 19.3 Å². The first-order chi connectivity index (χ1) is 7.24. The molecule has 1 aromatic rings. The molecule has 3 rings (SSSR count). The number of halogens is 2. The van der Waals surface area contributed by atoms with Crippen LogP contribution in [0, 0.1) is 5.82 Å². The zero-order valence-corrected chi connectivity index (χ0v) is 9.93. The Morgan fingerprint density at radius 1 is 1.33 bits per heavy atom. The molecule has 0 saturated carbocycles. The minimum Gasteiger partial charge on any atom is -0.311 e. The Hall–Kier alpha value is -0.410. The van der Waals surface area contributed by atoms with Crippen molar-refractivity contribution in [1.29, 1.82) is 0 Å². The summed E-state index contributed by atoms with van der Waals surface area (Å²) in [4.78, 5) is 0. The molecule has 2 bridgehead atoms. The van der Waals surface area contributed by atoms with Gasteiger partial charge in [0, 0.05) is 18.0 Å². The van der Waals surface area contributed by atoms with Gasteiger partial charge in [-0.2, -0.15) is 0 Å². The van der Waals surface area contributed by atoms with Crippen LogP contribution in [0.3, 0.4) is 0 Å². The van der Waals surface area contributed by atoms with E-state index in [1.54, 1.807) is 6.07 Å². The second-order valence-corrected chi connectivity index (χ2v) is 5.42. The number of hydrogen-bond acceptors (Lipinski definition) is 1. The molecule has 1 N–H and O–H groups in total. The molecule has 1 nitrogen and oxygen atoms in total. The lowest BCUT2D eigenvalue weighted by Crippen LogP contribution is -2.21. The van der Waals surface area contributed by atoms with Crippen molar-refractivity contribution in [1.82, 2.24) is 5.32 Å². The standard InChI is InChI=1S/C12H13BrFN/c13-10-3-1-7(5-11(10)14)9-6-8-2-4-12(9)15-8/h1,3,5,8-9,12,15H,2,4,6H2. The molecule has 2 aliphatic heterocycles. The first-order valence-electron chi connectivity index (χ1n) is 5.45. The van der Waals surface area contributed by atoms with E-state index in [1.807, 2.05) is 12.1 Å². The lowest BCUT2D eigenvalue weighted by molar-refractivity contribution is 0.503. The van der Waals surface area contributed by atoms with Crippen LogP contribution >= 0.6 is 15.9 Å². The number of fused-ring (bicyclic) bond motifs is 2. The molecule has 0 aliphatic carbocycles. The molecule has 0 amide bonds. The average molecular weight is 270 g/mol. The fourth-order valence-electron chi connectivity index (χ4n) is 2.94. The Balaban J connectivity index is 1.90. The zero-order valence-electron chi connectivity index (χ0n) is 8.34. The Morgan fingerprint density at radius 3 is 2.80 bits per heavy atom. The number of nitrogens with one attached hydrogen (secondary N) is 1. The smallest absolute Gasteiger partial charge is 0.137 e. The molecule has 0 spiro atoms. The van der Waals surface area contributed by atoms with Gasteiger partial charge >= 0.3 is 0 Å². The Kier molecular flexibility index (Phi) is 2.33. The predicted octanol–water partition coefficient (Wildman–Crippen LogP) is 3.20. The molecule has 2 fully saturated rings. The molecule has 3 atom stereocenters. The molecule has 3 unspecified atom stereocenters. The van der Waals surface area contributed by atoms with Gasteiger partial charge in [0.25, 0.3) is 0 Å². The normalized spacial score (nSPS) is 33.6. The summed E-state index contributed by atoms with van der Waals surface area (Å²) >= 11 is 3.19. The SMILES string of the molecule is Fc1cc(C2CC3CCC2N3)ccc1Br. The lowest BCUT2D eigenvalue weighted by atomic mass is 9.84. The molecule has 1 aromatic carbocycles. The molecular weight excluding hydrogens is 257 g/mol. The maximum Gasteiger partial charge on any atom is 0.137 e. The van der Waals surface area contributed by atoms with Crippen molar-refractivity contribution >= 4 is 15.9 Å². The molecule has 2 aliphatic rings. The van der Waals surface area contributed by atoms with Gasteiger partial charge in [-0.25, -0.2) is 4.39 Å². The van der Waals surface area contributed by atoms with Crippen molar-refractivity contribution in [2.45, 2.75) is 37.3 Å². The van der Waals surface area contributed by atoms with Gasteiger partial charge in [-0.05, 0) is 52.9 Å². The van der Waals surface area contributed by atoms with Crippen molar-refractivity contribution < 1.29 is 4.39 Å². The molecule has 2 heterocycles. The largest absolute Gasteiger partial charge is 0.311 e. The summed E-state index contributed by atoms with van der Waals surface area (Å²) in [7, 11) is 0. The molecule has 0 aromatic heterocycles. The fraction of sp³-hybridized carbons (Fsp3) is 0.500. The highest BCUT2D eigenvalue weighted by Crippen LogP contribution is 2.40. The summed E-state index contributed by atoms with van der Waals surface area (Å²) in [5, 5.41) is 3.58. The predicted molar refractivity (Wildman–Crippen MR) is 61.4 cm³/mol. The number of rotatable bonds is 1. The van der Waals surface area contributed by atoms with Gasteiger partial charge < -0.3 is 5.32 Å². The summed E-state index contributed by atoms with van der Waals surface area (Å²) in [5.74, 6) is 0.377. The third kappa shape index (κ3) is 1.62. The minimum absolute atomic E-state index is 0.143. The average Bonchev–Trinajstić information content (AvgIpc) is 2.83. The van der Waals surface area contributed by atoms with Gasteiger partial charge in [0.2, 0.25) is 0 Å². The van der Waals surface area contributed by atoms with E-state index >= 15 is 0 Å². The first kappa shape index (κ1) is 9.79. The quantitative estimate of drug-likeness (QED) is 0.826. The van der Waals surface area contributed by atoms with Crippen molar-refractivity contribution in [2.75, 3.05) is 0 Å². The highest BCUT2D eigenvalue weighted by molar-refractivity contribution is 9.10. The monoisotopic (exact) mass is 269 g/mol. The van der Waals surface area contributed by atoms with Gasteiger partial charge in [0.1, 0.15) is 5.82 Å². The van der Waals surface area contributed by atoms with E-state index in [2.05, 4.69) is 21.2 Å². The highest BCUT2D eigenvalue weighted by atomic mass is 79.9. The molecule has 80 valence electrons. The van der Waals surface area contributed by atoms with Crippen LogP contribution in [0.1, 0.15) is 30.7 Å². The Bertz CT molecular complexity index is 393. The first-order valence-corrected chi connectivity index (χ1v) is 6.24. The van der Waals surface area contributed by atoms with E-state index in [9.17, 15) is 4.39 Å². The molecular formula is C12H13BrFN. The highest BCUT2D eigenvalue weighted by Gasteiger charge is 2.39. The maximum atomic E-state index is 13.4. The topological polar surface area (TPSA) is 12.0 Å². The van der Waals surface area contributed by atoms with Crippen molar-refractivity contribution in [3.63, 3.8) is 0 Å². The van der Waals surface area contributed by atoms with E-state index in [0.29, 0.717) is 22.5 Å². The van der Waals surface area contributed by atoms with Gasteiger partial charge in [-0.3, -0.25) is 0 Å². The van der Waals surface area contributed by atoms with Crippen LogP contribution in [-0.4, -0.2) is 12.1 Å². The van der Waals surface area contributed by atoms with E-state index in [4.69, 9.17) is 0 Å². The van der Waals surface area contributed by atoms with Gasteiger partial charge in [0.15, 0.2) is 0 Å². The van der Waals surface area contributed by atoms with Gasteiger partial charge in [-0.15, -0.1) is 0 Å². The van der Waals surface area contributed by atoms with Crippen LogP contribution in [0.4, 0.5) is 4.39 Å². The maximum absolute atomic E-state index is 13.4. The minimum atomic E-state index is -0.143. The molecule has 15 heavy (non-hydrogen) atoms. The van der Waals surface area contributed by atoms with Gasteiger partial charge in [0.05, 0.1) is 4.47 Å². The van der Waals surface area contributed by atoms with Crippen LogP contribution in [0.5, 0.6) is 0 Å². The second kappa shape index (κ2) is 3.56. The van der Waals surface area contributed by atoms with Crippen LogP contribution in [0.2, 0.25) is 0 Å². The van der Waals surface area contributed by atoms with Crippen LogP contribution in [0.25, 0.3) is 0 Å². The summed E-state index contributed by atoms with van der Waals surface area (Å²) < 4.78 is 14.0. The van der Waals surface area contributed by atoms with E-state index in [-0.39, 0.29) is 5.82 Å². The van der Waals surface area contributed by atoms with Crippen LogP contribution in [-0.2, 0) is 0 Å². The summed E-state index contributed by atoms with van der Waals surface area (Å²) in [6.45, 7) is 0. The molecule has 2 saturated heterocycles. The summed E-state index contributed by atoms with van der Waals surface area (Å²) in [6, 6.07) is 6.79. The lowest BCUT2D eigenvalue weighted by Gasteiger charge is -2.20. The van der Waals surface area contributed by atoms with E-state index in [0.717, 1.165) is 5.56 Å². The van der Waals surface area contributed by atoms with Crippen molar-refractivity contribution in [2.24, 2.45) is 0 Å². The third-order valence-corrected chi connectivity index (χ3v) is 4.31. The van der Waals surface area contributed by atoms with Gasteiger partial charge in [-0.1, -0.05) is 6.07 Å². The van der Waals surface area contributed by atoms with Crippen LogP contribution < -0.4 is 5.32 Å². The van der Waals surface area contributed by atoms with Crippen LogP contribution in [0.15, 0.2) is 22.7 Å². The zero-order chi connectivity index (χ0) is 10.4. The molecule has 0 radical (unpaired) electrons. The van der Waals surface area contributed by atoms with E-state index < -0.39 is 0 Å². The van der Waals surface area contributed by atoms with Crippen molar-refractivity contribution in [3.05, 3.63) is 34.1 Å².